The van der Waals surface area contributed by atoms with Crippen LogP contribution >= 0.6 is 24.8 Å². The molecule has 0 amide bonds. The van der Waals surface area contributed by atoms with Gasteiger partial charge in [-0.15, -0.1) is 24.8 Å². The normalized spacial score (nSPS) is 9.06. The number of rotatable bonds is 3. The Labute approximate surface area is 108 Å². The molecule has 3 nitrogen and oxygen atoms in total. The van der Waals surface area contributed by atoms with Gasteiger partial charge in [-0.2, -0.15) is 0 Å². The van der Waals surface area contributed by atoms with Crippen LogP contribution < -0.4 is 5.73 Å². The number of hydrogen-bond acceptors (Lipinski definition) is 2. The summed E-state index contributed by atoms with van der Waals surface area (Å²) in [5.41, 5.74) is 8.11. The third-order valence-electron chi connectivity index (χ3n) is 2.25. The van der Waals surface area contributed by atoms with Gasteiger partial charge in [-0.3, -0.25) is 0 Å². The van der Waals surface area contributed by atoms with Crippen molar-refractivity contribution in [1.82, 2.24) is 9.55 Å². The minimum atomic E-state index is 0. The second kappa shape index (κ2) is 7.28. The second-order valence-corrected chi connectivity index (χ2v) is 3.21. The predicted molar refractivity (Wildman–Crippen MR) is 70.2 cm³/mol. The summed E-state index contributed by atoms with van der Waals surface area (Å²) in [7, 11) is 0. The van der Waals surface area contributed by atoms with Gasteiger partial charge in [-0.25, -0.2) is 4.98 Å². The van der Waals surface area contributed by atoms with E-state index in [1.54, 1.807) is 6.20 Å². The molecule has 0 saturated heterocycles. The molecule has 0 saturated carbocycles. The Morgan fingerprint density at radius 3 is 2.38 bits per heavy atom. The summed E-state index contributed by atoms with van der Waals surface area (Å²) >= 11 is 0. The summed E-state index contributed by atoms with van der Waals surface area (Å²) in [6, 6.07) is 8.21. The molecule has 2 rings (SSSR count). The fourth-order valence-corrected chi connectivity index (χ4v) is 1.49. The summed E-state index contributed by atoms with van der Waals surface area (Å²) < 4.78 is 2.04. The summed E-state index contributed by atoms with van der Waals surface area (Å²) in [4.78, 5) is 4.01. The molecule has 1 aromatic carbocycles. The van der Waals surface area contributed by atoms with Crippen molar-refractivity contribution < 1.29 is 0 Å². The molecule has 1 heterocycles. The van der Waals surface area contributed by atoms with Crippen molar-refractivity contribution in [2.75, 3.05) is 0 Å². The lowest BCUT2D eigenvalue weighted by molar-refractivity contribution is 0.785. The Morgan fingerprint density at radius 1 is 1.12 bits per heavy atom. The molecule has 0 aliphatic heterocycles. The zero-order valence-corrected chi connectivity index (χ0v) is 10.4. The molecule has 0 aliphatic carbocycles. The van der Waals surface area contributed by atoms with Crippen LogP contribution in [0.1, 0.15) is 11.1 Å². The molecular formula is C11H15Cl2N3. The van der Waals surface area contributed by atoms with Crippen molar-refractivity contribution in [2.24, 2.45) is 5.73 Å². The first-order valence-corrected chi connectivity index (χ1v) is 4.63. The molecule has 0 spiro atoms. The Balaban J connectivity index is 0.00000112. The highest BCUT2D eigenvalue weighted by Crippen LogP contribution is 2.09. The van der Waals surface area contributed by atoms with Crippen molar-refractivity contribution in [3.8, 4) is 0 Å². The number of nitrogens with two attached hydrogens (primary N) is 1. The van der Waals surface area contributed by atoms with E-state index in [0.717, 1.165) is 6.54 Å². The van der Waals surface area contributed by atoms with Crippen LogP contribution in [-0.2, 0) is 13.1 Å². The van der Waals surface area contributed by atoms with E-state index < -0.39 is 0 Å². The van der Waals surface area contributed by atoms with Crippen molar-refractivity contribution in [3.63, 3.8) is 0 Å². The largest absolute Gasteiger partial charge is 0.333 e. The highest BCUT2D eigenvalue weighted by Gasteiger charge is 1.99. The van der Waals surface area contributed by atoms with E-state index in [9.17, 15) is 0 Å². The maximum Gasteiger partial charge on any atom is 0.0949 e. The summed E-state index contributed by atoms with van der Waals surface area (Å²) in [5, 5.41) is 0. The number of aromatic nitrogens is 2. The molecule has 0 atom stereocenters. The van der Waals surface area contributed by atoms with Crippen LogP contribution in [0.25, 0.3) is 0 Å². The van der Waals surface area contributed by atoms with Gasteiger partial charge in [-0.05, 0) is 11.1 Å². The van der Waals surface area contributed by atoms with Gasteiger partial charge in [0.15, 0.2) is 0 Å². The molecule has 5 heteroatoms. The standard InChI is InChI=1S/C11H13N3.2ClH/c12-7-10-3-1-2-4-11(10)8-14-6-5-13-9-14;;/h1-6,9H,7-8,12H2;2*1H. The third-order valence-corrected chi connectivity index (χ3v) is 2.25. The minimum Gasteiger partial charge on any atom is -0.333 e. The topological polar surface area (TPSA) is 43.8 Å². The van der Waals surface area contributed by atoms with Crippen LogP contribution in [0, 0.1) is 0 Å². The van der Waals surface area contributed by atoms with E-state index in [1.165, 1.54) is 11.1 Å². The molecule has 0 aliphatic rings. The summed E-state index contributed by atoms with van der Waals surface area (Å²) in [6.07, 6.45) is 5.55. The molecule has 16 heavy (non-hydrogen) atoms. The van der Waals surface area contributed by atoms with Crippen LogP contribution in [0.15, 0.2) is 43.0 Å². The Bertz CT molecular complexity index is 401. The van der Waals surface area contributed by atoms with E-state index in [4.69, 9.17) is 5.73 Å². The number of imidazole rings is 1. The maximum atomic E-state index is 5.65. The average Bonchev–Trinajstić information content (AvgIpc) is 2.71. The van der Waals surface area contributed by atoms with E-state index in [2.05, 4.69) is 17.1 Å². The van der Waals surface area contributed by atoms with Crippen molar-refractivity contribution in [1.29, 1.82) is 0 Å². The highest BCUT2D eigenvalue weighted by atomic mass is 35.5. The van der Waals surface area contributed by atoms with Gasteiger partial charge in [0.25, 0.3) is 0 Å². The molecule has 0 unspecified atom stereocenters. The molecule has 88 valence electrons. The monoisotopic (exact) mass is 259 g/mol. The van der Waals surface area contributed by atoms with Gasteiger partial charge in [0.1, 0.15) is 0 Å². The fraction of sp³-hybridized carbons (Fsp3) is 0.182. The summed E-state index contributed by atoms with van der Waals surface area (Å²) in [6.45, 7) is 1.43. The predicted octanol–water partition coefficient (Wildman–Crippen LogP) is 2.23. The van der Waals surface area contributed by atoms with Crippen LogP contribution in [0.3, 0.4) is 0 Å². The van der Waals surface area contributed by atoms with Gasteiger partial charge < -0.3 is 10.3 Å². The number of halogens is 2. The molecule has 1 aromatic heterocycles. The van der Waals surface area contributed by atoms with Gasteiger partial charge >= 0.3 is 0 Å². The Morgan fingerprint density at radius 2 is 1.81 bits per heavy atom. The van der Waals surface area contributed by atoms with Crippen LogP contribution in [0.4, 0.5) is 0 Å². The van der Waals surface area contributed by atoms with Gasteiger partial charge in [-0.1, -0.05) is 24.3 Å². The van der Waals surface area contributed by atoms with Gasteiger partial charge in [0.2, 0.25) is 0 Å². The smallest absolute Gasteiger partial charge is 0.0949 e. The van der Waals surface area contributed by atoms with Gasteiger partial charge in [0.05, 0.1) is 6.33 Å². The van der Waals surface area contributed by atoms with Gasteiger partial charge in [0, 0.05) is 25.5 Å². The van der Waals surface area contributed by atoms with E-state index >= 15 is 0 Å². The first-order chi connectivity index (χ1) is 6.90. The van der Waals surface area contributed by atoms with Crippen LogP contribution in [0.5, 0.6) is 0 Å². The maximum absolute atomic E-state index is 5.65. The van der Waals surface area contributed by atoms with E-state index in [1.807, 2.05) is 29.2 Å². The lowest BCUT2D eigenvalue weighted by atomic mass is 10.1. The van der Waals surface area contributed by atoms with Crippen LogP contribution in [-0.4, -0.2) is 9.55 Å². The lowest BCUT2D eigenvalue weighted by Gasteiger charge is -2.07. The van der Waals surface area contributed by atoms with E-state index in [0.29, 0.717) is 6.54 Å². The Kier molecular flexibility index (Phi) is 6.81. The Hall–Kier alpha value is -1.03. The minimum absolute atomic E-state index is 0. The highest BCUT2D eigenvalue weighted by molar-refractivity contribution is 5.85. The van der Waals surface area contributed by atoms with Crippen molar-refractivity contribution in [3.05, 3.63) is 54.1 Å². The quantitative estimate of drug-likeness (QED) is 0.919. The number of benzene rings is 1. The number of hydrogen-bond donors (Lipinski definition) is 1. The molecule has 0 fully saturated rings. The molecule has 2 aromatic rings. The average molecular weight is 260 g/mol. The fourth-order valence-electron chi connectivity index (χ4n) is 1.49. The lowest BCUT2D eigenvalue weighted by Crippen LogP contribution is -2.04. The molecular weight excluding hydrogens is 245 g/mol. The van der Waals surface area contributed by atoms with Crippen molar-refractivity contribution in [2.45, 2.75) is 13.1 Å². The first kappa shape index (κ1) is 15.0. The first-order valence-electron chi connectivity index (χ1n) is 4.63. The van der Waals surface area contributed by atoms with E-state index in [-0.39, 0.29) is 24.8 Å². The van der Waals surface area contributed by atoms with Crippen molar-refractivity contribution >= 4 is 24.8 Å². The van der Waals surface area contributed by atoms with Crippen LogP contribution in [0.2, 0.25) is 0 Å². The zero-order chi connectivity index (χ0) is 9.80. The molecule has 2 N–H and O–H groups in total. The number of nitrogens with zero attached hydrogens (tertiary/aromatic N) is 2. The second-order valence-electron chi connectivity index (χ2n) is 3.21. The zero-order valence-electron chi connectivity index (χ0n) is 8.74. The molecule has 0 bridgehead atoms. The molecule has 0 radical (unpaired) electrons. The third kappa shape index (κ3) is 3.52. The SMILES string of the molecule is Cl.Cl.NCc1ccccc1Cn1ccnc1. The summed E-state index contributed by atoms with van der Waals surface area (Å²) in [5.74, 6) is 0.